The van der Waals surface area contributed by atoms with E-state index in [1.165, 1.54) is 43.9 Å². The van der Waals surface area contributed by atoms with E-state index in [-0.39, 0.29) is 0 Å². The summed E-state index contributed by atoms with van der Waals surface area (Å²) in [6.07, 6.45) is 0. The molecule has 1 aliphatic rings. The fourth-order valence-corrected chi connectivity index (χ4v) is 3.40. The second-order valence-electron chi connectivity index (χ2n) is 6.20. The molecule has 0 saturated carbocycles. The Morgan fingerprint density at radius 1 is 0.810 bits per heavy atom. The quantitative estimate of drug-likeness (QED) is 0.818. The van der Waals surface area contributed by atoms with Crippen molar-refractivity contribution in [2.24, 2.45) is 0 Å². The third kappa shape index (κ3) is 3.72. The molecular weight excluding hydrogens is 256 g/mol. The summed E-state index contributed by atoms with van der Waals surface area (Å²) in [6, 6.07) is 22.4. The average Bonchev–Trinajstić information content (AvgIpc) is 2.57. The molecule has 1 aliphatic heterocycles. The molecule has 1 fully saturated rings. The van der Waals surface area contributed by atoms with Crippen LogP contribution in [0.1, 0.15) is 24.1 Å². The lowest BCUT2D eigenvalue weighted by Crippen LogP contribution is -3.27. The SMILES string of the molecule is C[C@@H](c1ccccc1)[NH+]1CC[NH+](Cc2ccccc2)CC1. The van der Waals surface area contributed by atoms with Gasteiger partial charge in [-0.15, -0.1) is 0 Å². The standard InChI is InChI=1S/C19H24N2/c1-17(19-10-6-3-7-11-19)21-14-12-20(13-15-21)16-18-8-4-2-5-9-18/h2-11,17H,12-16H2,1H3/p+2/t17-/m0/s1. The molecule has 0 amide bonds. The summed E-state index contributed by atoms with van der Waals surface area (Å²) in [7, 11) is 0. The number of nitrogens with one attached hydrogen (secondary N) is 2. The van der Waals surface area contributed by atoms with Crippen LogP contribution in [0, 0.1) is 0 Å². The van der Waals surface area contributed by atoms with Gasteiger partial charge in [0.25, 0.3) is 0 Å². The molecule has 0 unspecified atom stereocenters. The Bertz CT molecular complexity index is 530. The van der Waals surface area contributed by atoms with Crippen LogP contribution in [0.25, 0.3) is 0 Å². The predicted molar refractivity (Wildman–Crippen MR) is 86.4 cm³/mol. The largest absolute Gasteiger partial charge is 0.322 e. The predicted octanol–water partition coefficient (Wildman–Crippen LogP) is 0.731. The van der Waals surface area contributed by atoms with Crippen LogP contribution >= 0.6 is 0 Å². The van der Waals surface area contributed by atoms with Gasteiger partial charge in [-0.1, -0.05) is 60.7 Å². The fraction of sp³-hybridized carbons (Fsp3) is 0.368. The van der Waals surface area contributed by atoms with Gasteiger partial charge in [-0.2, -0.15) is 0 Å². The Balaban J connectivity index is 1.53. The zero-order valence-electron chi connectivity index (χ0n) is 12.9. The molecule has 0 bridgehead atoms. The number of piperazine rings is 1. The zero-order valence-corrected chi connectivity index (χ0v) is 12.9. The zero-order chi connectivity index (χ0) is 14.5. The first-order valence-electron chi connectivity index (χ1n) is 8.10. The van der Waals surface area contributed by atoms with E-state index in [0.29, 0.717) is 6.04 Å². The minimum atomic E-state index is 0.615. The number of quaternary nitrogens is 2. The van der Waals surface area contributed by atoms with E-state index in [2.05, 4.69) is 67.6 Å². The molecule has 2 heteroatoms. The first-order valence-corrected chi connectivity index (χ1v) is 8.10. The average molecular weight is 282 g/mol. The molecule has 2 aromatic rings. The summed E-state index contributed by atoms with van der Waals surface area (Å²) in [5, 5.41) is 0. The lowest BCUT2D eigenvalue weighted by molar-refractivity contribution is -1.03. The second kappa shape index (κ2) is 6.88. The van der Waals surface area contributed by atoms with Crippen LogP contribution in [0.4, 0.5) is 0 Å². The molecule has 0 aliphatic carbocycles. The van der Waals surface area contributed by atoms with Crippen LogP contribution in [0.15, 0.2) is 60.7 Å². The van der Waals surface area contributed by atoms with Gasteiger partial charge in [0.1, 0.15) is 38.8 Å². The van der Waals surface area contributed by atoms with Gasteiger partial charge in [0.15, 0.2) is 0 Å². The van der Waals surface area contributed by atoms with E-state index in [4.69, 9.17) is 0 Å². The van der Waals surface area contributed by atoms with Gasteiger partial charge in [-0.05, 0) is 6.92 Å². The highest BCUT2D eigenvalue weighted by atomic mass is 15.3. The lowest BCUT2D eigenvalue weighted by atomic mass is 10.1. The Kier molecular flexibility index (Phi) is 4.69. The number of rotatable bonds is 4. The topological polar surface area (TPSA) is 8.88 Å². The minimum Gasteiger partial charge on any atom is -0.322 e. The van der Waals surface area contributed by atoms with Crippen molar-refractivity contribution in [2.45, 2.75) is 19.5 Å². The van der Waals surface area contributed by atoms with Crippen LogP contribution < -0.4 is 9.80 Å². The van der Waals surface area contributed by atoms with Gasteiger partial charge >= 0.3 is 0 Å². The summed E-state index contributed by atoms with van der Waals surface area (Å²) in [5.41, 5.74) is 2.94. The van der Waals surface area contributed by atoms with E-state index < -0.39 is 0 Å². The van der Waals surface area contributed by atoms with Crippen molar-refractivity contribution < 1.29 is 9.80 Å². The molecule has 2 aromatic carbocycles. The summed E-state index contributed by atoms with van der Waals surface area (Å²) in [4.78, 5) is 3.46. The molecule has 110 valence electrons. The highest BCUT2D eigenvalue weighted by Gasteiger charge is 2.27. The number of hydrogen-bond donors (Lipinski definition) is 2. The Labute approximate surface area is 128 Å². The van der Waals surface area contributed by atoms with E-state index in [0.717, 1.165) is 0 Å². The van der Waals surface area contributed by atoms with Crippen molar-refractivity contribution in [3.05, 3.63) is 71.8 Å². The first-order chi connectivity index (χ1) is 10.3. The first kappa shape index (κ1) is 14.3. The van der Waals surface area contributed by atoms with E-state index in [1.807, 2.05) is 0 Å². The Hall–Kier alpha value is -1.64. The van der Waals surface area contributed by atoms with Gasteiger partial charge in [-0.3, -0.25) is 0 Å². The maximum absolute atomic E-state index is 2.37. The fourth-order valence-electron chi connectivity index (χ4n) is 3.40. The highest BCUT2D eigenvalue weighted by molar-refractivity contribution is 5.16. The van der Waals surface area contributed by atoms with Crippen LogP contribution in [0.5, 0.6) is 0 Å². The van der Waals surface area contributed by atoms with Gasteiger partial charge in [0, 0.05) is 11.1 Å². The summed E-state index contributed by atoms with van der Waals surface area (Å²) >= 11 is 0. The molecule has 1 heterocycles. The van der Waals surface area contributed by atoms with Crippen LogP contribution in [0.3, 0.4) is 0 Å². The van der Waals surface area contributed by atoms with Crippen LogP contribution in [0.2, 0.25) is 0 Å². The Morgan fingerprint density at radius 2 is 1.38 bits per heavy atom. The Morgan fingerprint density at radius 3 is 2.00 bits per heavy atom. The van der Waals surface area contributed by atoms with Gasteiger partial charge < -0.3 is 9.80 Å². The van der Waals surface area contributed by atoms with Gasteiger partial charge in [-0.25, -0.2) is 0 Å². The van der Waals surface area contributed by atoms with Crippen LogP contribution in [-0.2, 0) is 6.54 Å². The second-order valence-corrected chi connectivity index (χ2v) is 6.20. The molecule has 2 nitrogen and oxygen atoms in total. The van der Waals surface area contributed by atoms with Gasteiger partial charge in [0.2, 0.25) is 0 Å². The molecular formula is C19H26N2+2. The van der Waals surface area contributed by atoms with Crippen molar-refractivity contribution >= 4 is 0 Å². The third-order valence-electron chi connectivity index (χ3n) is 4.81. The molecule has 2 N–H and O–H groups in total. The van der Waals surface area contributed by atoms with Crippen molar-refractivity contribution in [3.63, 3.8) is 0 Å². The molecule has 0 aromatic heterocycles. The molecule has 3 rings (SSSR count). The van der Waals surface area contributed by atoms with Crippen molar-refractivity contribution in [1.82, 2.24) is 0 Å². The molecule has 1 saturated heterocycles. The third-order valence-corrected chi connectivity index (χ3v) is 4.81. The molecule has 1 atom stereocenters. The summed E-state index contributed by atoms with van der Waals surface area (Å²) < 4.78 is 0. The smallest absolute Gasteiger partial charge is 0.127 e. The summed E-state index contributed by atoms with van der Waals surface area (Å²) in [6.45, 7) is 8.65. The van der Waals surface area contributed by atoms with E-state index in [1.54, 1.807) is 9.80 Å². The van der Waals surface area contributed by atoms with Crippen molar-refractivity contribution in [1.29, 1.82) is 0 Å². The lowest BCUT2D eigenvalue weighted by Gasteiger charge is -2.33. The number of benzene rings is 2. The molecule has 0 radical (unpaired) electrons. The van der Waals surface area contributed by atoms with Crippen LogP contribution in [-0.4, -0.2) is 26.2 Å². The highest BCUT2D eigenvalue weighted by Crippen LogP contribution is 2.07. The molecule has 21 heavy (non-hydrogen) atoms. The maximum Gasteiger partial charge on any atom is 0.127 e. The van der Waals surface area contributed by atoms with Crippen molar-refractivity contribution in [3.8, 4) is 0 Å². The van der Waals surface area contributed by atoms with E-state index in [9.17, 15) is 0 Å². The van der Waals surface area contributed by atoms with E-state index >= 15 is 0 Å². The number of hydrogen-bond acceptors (Lipinski definition) is 0. The minimum absolute atomic E-state index is 0.615. The summed E-state index contributed by atoms with van der Waals surface area (Å²) in [5.74, 6) is 0. The molecule has 0 spiro atoms. The maximum atomic E-state index is 2.37. The van der Waals surface area contributed by atoms with Gasteiger partial charge in [0.05, 0.1) is 0 Å². The monoisotopic (exact) mass is 282 g/mol. The van der Waals surface area contributed by atoms with Crippen molar-refractivity contribution in [2.75, 3.05) is 26.2 Å². The normalized spacial score (nSPS) is 23.7.